The number of anilines is 2. The first-order valence-corrected chi connectivity index (χ1v) is 7.71. The summed E-state index contributed by atoms with van der Waals surface area (Å²) in [5.41, 5.74) is 1.04. The number of nitrogens with one attached hydrogen (secondary N) is 1. The molecule has 1 fully saturated rings. The summed E-state index contributed by atoms with van der Waals surface area (Å²) in [7, 11) is 0. The molecule has 0 spiro atoms. The van der Waals surface area contributed by atoms with Gasteiger partial charge in [-0.25, -0.2) is 9.97 Å². The third kappa shape index (κ3) is 3.57. The Morgan fingerprint density at radius 3 is 2.79 bits per heavy atom. The van der Waals surface area contributed by atoms with E-state index in [9.17, 15) is 0 Å². The Morgan fingerprint density at radius 2 is 2.05 bits per heavy atom. The second-order valence-corrected chi connectivity index (χ2v) is 6.29. The van der Waals surface area contributed by atoms with E-state index in [1.165, 1.54) is 12.8 Å². The first-order valence-electron chi connectivity index (χ1n) is 6.26. The van der Waals surface area contributed by atoms with Gasteiger partial charge >= 0.3 is 0 Å². The topological polar surface area (TPSA) is 37.8 Å². The van der Waals surface area contributed by atoms with Crippen molar-refractivity contribution in [1.29, 1.82) is 0 Å². The molecule has 0 atom stereocenters. The lowest BCUT2D eigenvalue weighted by Gasteiger charge is -2.09. The van der Waals surface area contributed by atoms with Crippen molar-refractivity contribution in [2.75, 3.05) is 5.32 Å². The Labute approximate surface area is 130 Å². The fraction of sp³-hybridized carbons (Fsp3) is 0.286. The van der Waals surface area contributed by atoms with E-state index in [0.717, 1.165) is 33.2 Å². The summed E-state index contributed by atoms with van der Waals surface area (Å²) >= 11 is 8.36. The molecule has 2 aromatic rings. The van der Waals surface area contributed by atoms with Crippen LogP contribution in [0.25, 0.3) is 0 Å². The van der Waals surface area contributed by atoms with Crippen LogP contribution < -0.4 is 5.32 Å². The van der Waals surface area contributed by atoms with Crippen molar-refractivity contribution < 1.29 is 0 Å². The molecule has 0 radical (unpaired) electrons. The highest BCUT2D eigenvalue weighted by molar-refractivity contribution is 14.1. The number of halogens is 2. The minimum Gasteiger partial charge on any atom is -0.339 e. The highest BCUT2D eigenvalue weighted by Crippen LogP contribution is 2.32. The SMILES string of the molecule is Clc1cc(Nc2ccccc2I)nc(CC2CC2)n1. The highest BCUT2D eigenvalue weighted by Gasteiger charge is 2.23. The van der Waals surface area contributed by atoms with Crippen molar-refractivity contribution >= 4 is 45.7 Å². The zero-order chi connectivity index (χ0) is 13.2. The lowest BCUT2D eigenvalue weighted by molar-refractivity contribution is 0.771. The van der Waals surface area contributed by atoms with Gasteiger partial charge < -0.3 is 5.32 Å². The van der Waals surface area contributed by atoms with E-state index in [-0.39, 0.29) is 0 Å². The number of hydrogen-bond acceptors (Lipinski definition) is 3. The summed E-state index contributed by atoms with van der Waals surface area (Å²) in [5, 5.41) is 3.80. The molecule has 0 saturated heterocycles. The van der Waals surface area contributed by atoms with Crippen LogP contribution in [0, 0.1) is 9.49 Å². The molecule has 0 aliphatic heterocycles. The van der Waals surface area contributed by atoms with Gasteiger partial charge in [0, 0.05) is 16.1 Å². The molecule has 1 heterocycles. The molecule has 3 nitrogen and oxygen atoms in total. The number of para-hydroxylation sites is 1. The molecule has 0 amide bonds. The van der Waals surface area contributed by atoms with Crippen molar-refractivity contribution in [1.82, 2.24) is 9.97 Å². The highest BCUT2D eigenvalue weighted by atomic mass is 127. The maximum absolute atomic E-state index is 6.07. The van der Waals surface area contributed by atoms with Gasteiger partial charge in [0.1, 0.15) is 16.8 Å². The van der Waals surface area contributed by atoms with E-state index in [1.807, 2.05) is 18.2 Å². The molecule has 5 heteroatoms. The van der Waals surface area contributed by atoms with Gasteiger partial charge in [0.2, 0.25) is 0 Å². The molecular weight excluding hydrogens is 373 g/mol. The Hall–Kier alpha value is -0.880. The van der Waals surface area contributed by atoms with E-state index < -0.39 is 0 Å². The van der Waals surface area contributed by atoms with Gasteiger partial charge in [0.25, 0.3) is 0 Å². The van der Waals surface area contributed by atoms with Gasteiger partial charge in [0.15, 0.2) is 0 Å². The van der Waals surface area contributed by atoms with Crippen LogP contribution >= 0.6 is 34.2 Å². The Morgan fingerprint density at radius 1 is 1.26 bits per heavy atom. The van der Waals surface area contributed by atoms with Crippen molar-refractivity contribution in [3.8, 4) is 0 Å². The molecule has 1 aliphatic carbocycles. The molecule has 0 bridgehead atoms. The molecule has 1 aromatic heterocycles. The zero-order valence-electron chi connectivity index (χ0n) is 10.2. The second-order valence-electron chi connectivity index (χ2n) is 4.74. The van der Waals surface area contributed by atoms with E-state index in [0.29, 0.717) is 5.15 Å². The fourth-order valence-corrected chi connectivity index (χ4v) is 2.62. The average Bonchev–Trinajstić information content (AvgIpc) is 3.15. The lowest BCUT2D eigenvalue weighted by Crippen LogP contribution is -2.02. The summed E-state index contributed by atoms with van der Waals surface area (Å²) in [4.78, 5) is 8.83. The first kappa shape index (κ1) is 13.1. The normalized spacial score (nSPS) is 14.4. The minimum atomic E-state index is 0.499. The average molecular weight is 386 g/mol. The van der Waals surface area contributed by atoms with Crippen molar-refractivity contribution in [3.05, 3.63) is 44.9 Å². The molecule has 1 aliphatic rings. The van der Waals surface area contributed by atoms with E-state index in [4.69, 9.17) is 11.6 Å². The maximum atomic E-state index is 6.07. The first-order chi connectivity index (χ1) is 9.20. The van der Waals surface area contributed by atoms with Crippen LogP contribution in [0.3, 0.4) is 0 Å². The molecule has 1 N–H and O–H groups in total. The number of rotatable bonds is 4. The minimum absolute atomic E-state index is 0.499. The molecule has 1 aromatic carbocycles. The van der Waals surface area contributed by atoms with Crippen LogP contribution in [0.2, 0.25) is 5.15 Å². The van der Waals surface area contributed by atoms with Crippen molar-refractivity contribution in [2.45, 2.75) is 19.3 Å². The Kier molecular flexibility index (Phi) is 3.88. The van der Waals surface area contributed by atoms with Crippen LogP contribution in [0.1, 0.15) is 18.7 Å². The van der Waals surface area contributed by atoms with Gasteiger partial charge in [-0.15, -0.1) is 0 Å². The van der Waals surface area contributed by atoms with Crippen LogP contribution in [0.15, 0.2) is 30.3 Å². The third-order valence-corrected chi connectivity index (χ3v) is 4.18. The van der Waals surface area contributed by atoms with Gasteiger partial charge in [-0.2, -0.15) is 0 Å². The van der Waals surface area contributed by atoms with Crippen molar-refractivity contribution in [3.63, 3.8) is 0 Å². The Balaban J connectivity index is 1.83. The van der Waals surface area contributed by atoms with Gasteiger partial charge in [-0.05, 0) is 53.5 Å². The number of benzene rings is 1. The number of aromatic nitrogens is 2. The quantitative estimate of drug-likeness (QED) is 0.625. The molecule has 98 valence electrons. The maximum Gasteiger partial charge on any atom is 0.135 e. The molecule has 0 unspecified atom stereocenters. The summed E-state index contributed by atoms with van der Waals surface area (Å²) in [6, 6.07) is 9.85. The van der Waals surface area contributed by atoms with Gasteiger partial charge in [-0.3, -0.25) is 0 Å². The number of nitrogens with zero attached hydrogens (tertiary/aromatic N) is 2. The molecule has 3 rings (SSSR count). The molecular formula is C14H13ClIN3. The summed E-state index contributed by atoms with van der Waals surface area (Å²) in [6.45, 7) is 0. The predicted octanol–water partition coefficient (Wildman–Crippen LogP) is 4.43. The Bertz CT molecular complexity index is 599. The summed E-state index contributed by atoms with van der Waals surface area (Å²) < 4.78 is 1.15. The van der Waals surface area contributed by atoms with E-state index in [1.54, 1.807) is 6.07 Å². The largest absolute Gasteiger partial charge is 0.339 e. The fourth-order valence-electron chi connectivity index (χ4n) is 1.90. The zero-order valence-corrected chi connectivity index (χ0v) is 13.1. The second kappa shape index (κ2) is 5.63. The molecule has 19 heavy (non-hydrogen) atoms. The predicted molar refractivity (Wildman–Crippen MR) is 85.9 cm³/mol. The van der Waals surface area contributed by atoms with Crippen LogP contribution in [-0.4, -0.2) is 9.97 Å². The van der Waals surface area contributed by atoms with Crippen LogP contribution in [-0.2, 0) is 6.42 Å². The monoisotopic (exact) mass is 385 g/mol. The van der Waals surface area contributed by atoms with E-state index in [2.05, 4.69) is 43.9 Å². The smallest absolute Gasteiger partial charge is 0.135 e. The standard InChI is InChI=1S/C14H13ClIN3/c15-12-8-14(17-11-4-2-1-3-10(11)16)19-13(18-12)7-9-5-6-9/h1-4,8-9H,5-7H2,(H,17,18,19). The van der Waals surface area contributed by atoms with Gasteiger partial charge in [0.05, 0.1) is 5.69 Å². The summed E-state index contributed by atoms with van der Waals surface area (Å²) in [6.07, 6.45) is 3.51. The van der Waals surface area contributed by atoms with E-state index >= 15 is 0 Å². The number of hydrogen-bond donors (Lipinski definition) is 1. The molecule has 1 saturated carbocycles. The lowest BCUT2D eigenvalue weighted by atomic mass is 10.3. The van der Waals surface area contributed by atoms with Crippen LogP contribution in [0.5, 0.6) is 0 Å². The third-order valence-electron chi connectivity index (χ3n) is 3.05. The van der Waals surface area contributed by atoms with Crippen LogP contribution in [0.4, 0.5) is 11.5 Å². The summed E-state index contributed by atoms with van der Waals surface area (Å²) in [5.74, 6) is 2.35. The van der Waals surface area contributed by atoms with Gasteiger partial charge in [-0.1, -0.05) is 23.7 Å². The van der Waals surface area contributed by atoms with Crippen molar-refractivity contribution in [2.24, 2.45) is 5.92 Å².